The van der Waals surface area contributed by atoms with E-state index in [0.717, 1.165) is 6.07 Å². The maximum absolute atomic E-state index is 12.9. The molecule has 0 heterocycles. The molecule has 0 saturated carbocycles. The molecule has 0 aliphatic rings. The quantitative estimate of drug-likeness (QED) is 0.679. The van der Waals surface area contributed by atoms with Crippen molar-refractivity contribution < 1.29 is 9.50 Å². The largest absolute Gasteiger partial charge is 0.395 e. The topological polar surface area (TPSA) is 44.0 Å². The summed E-state index contributed by atoms with van der Waals surface area (Å²) in [6, 6.07) is 5.75. The number of rotatable bonds is 1. The fraction of sp³-hybridized carbons (Fsp3) is 0.182. The van der Waals surface area contributed by atoms with Crippen LogP contribution in [0.1, 0.15) is 17.5 Å². The highest BCUT2D eigenvalue weighted by Gasteiger charge is 1.97. The van der Waals surface area contributed by atoms with Gasteiger partial charge in [0.25, 0.3) is 0 Å². The first-order chi connectivity index (χ1) is 6.76. The number of nitriles is 1. The Balaban J connectivity index is 2.95. The number of aliphatic hydroxyl groups excluding tert-OH is 1. The van der Waals surface area contributed by atoms with Gasteiger partial charge >= 0.3 is 0 Å². The lowest BCUT2D eigenvalue weighted by Gasteiger charge is -1.92. The van der Waals surface area contributed by atoms with Gasteiger partial charge in [-0.05, 0) is 18.2 Å². The highest BCUT2D eigenvalue weighted by molar-refractivity contribution is 5.41. The lowest BCUT2D eigenvalue weighted by atomic mass is 10.1. The highest BCUT2D eigenvalue weighted by atomic mass is 19.1. The predicted octanol–water partition coefficient (Wildman–Crippen LogP) is 1.43. The molecule has 1 aromatic carbocycles. The van der Waals surface area contributed by atoms with Crippen molar-refractivity contribution in [3.05, 3.63) is 35.1 Å². The van der Waals surface area contributed by atoms with Crippen LogP contribution in [0.2, 0.25) is 0 Å². The molecule has 1 aromatic rings. The van der Waals surface area contributed by atoms with Crippen LogP contribution >= 0.6 is 0 Å². The molecule has 1 rings (SSSR count). The third kappa shape index (κ3) is 2.90. The molecule has 1 N–H and O–H groups in total. The summed E-state index contributed by atoms with van der Waals surface area (Å²) in [6.07, 6.45) is 0.346. The standard InChI is InChI=1S/C11H8FNO/c12-11-6-9(3-1-2-4-14)5-10(7-11)8-13/h5-7,14H,2,4H2. The van der Waals surface area contributed by atoms with Crippen molar-refractivity contribution in [3.8, 4) is 17.9 Å². The Morgan fingerprint density at radius 1 is 1.29 bits per heavy atom. The van der Waals surface area contributed by atoms with E-state index in [0.29, 0.717) is 12.0 Å². The van der Waals surface area contributed by atoms with Gasteiger partial charge in [-0.25, -0.2) is 4.39 Å². The van der Waals surface area contributed by atoms with Gasteiger partial charge < -0.3 is 5.11 Å². The Hall–Kier alpha value is -1.84. The average molecular weight is 189 g/mol. The second-order valence-corrected chi connectivity index (χ2v) is 2.62. The number of halogens is 1. The van der Waals surface area contributed by atoms with E-state index in [4.69, 9.17) is 10.4 Å². The molecule has 0 amide bonds. The smallest absolute Gasteiger partial charge is 0.125 e. The fourth-order valence-corrected chi connectivity index (χ4v) is 0.947. The molecule has 0 aromatic heterocycles. The molecule has 0 fully saturated rings. The summed E-state index contributed by atoms with van der Waals surface area (Å²) in [5.74, 6) is 4.84. The average Bonchev–Trinajstić information content (AvgIpc) is 2.17. The molecule has 0 saturated heterocycles. The summed E-state index contributed by atoms with van der Waals surface area (Å²) in [7, 11) is 0. The molecule has 2 nitrogen and oxygen atoms in total. The number of aliphatic hydroxyl groups is 1. The van der Waals surface area contributed by atoms with Crippen molar-refractivity contribution in [3.63, 3.8) is 0 Å². The monoisotopic (exact) mass is 189 g/mol. The third-order valence-electron chi connectivity index (χ3n) is 1.50. The summed E-state index contributed by atoms with van der Waals surface area (Å²) in [5.41, 5.74) is 0.702. The summed E-state index contributed by atoms with van der Waals surface area (Å²) < 4.78 is 12.9. The first-order valence-corrected chi connectivity index (χ1v) is 4.06. The molecule has 0 aliphatic carbocycles. The van der Waals surface area contributed by atoms with Crippen LogP contribution in [0.4, 0.5) is 4.39 Å². The van der Waals surface area contributed by atoms with Crippen molar-refractivity contribution >= 4 is 0 Å². The van der Waals surface area contributed by atoms with E-state index < -0.39 is 5.82 Å². The maximum Gasteiger partial charge on any atom is 0.125 e. The summed E-state index contributed by atoms with van der Waals surface area (Å²) in [4.78, 5) is 0. The van der Waals surface area contributed by atoms with Gasteiger partial charge in [-0.15, -0.1) is 0 Å². The number of benzene rings is 1. The molecule has 0 bridgehead atoms. The zero-order valence-corrected chi connectivity index (χ0v) is 7.42. The van der Waals surface area contributed by atoms with Crippen molar-refractivity contribution in [2.75, 3.05) is 6.61 Å². The van der Waals surface area contributed by atoms with E-state index in [1.54, 1.807) is 0 Å². The minimum Gasteiger partial charge on any atom is -0.395 e. The number of nitrogens with zero attached hydrogens (tertiary/aromatic N) is 1. The van der Waals surface area contributed by atoms with Crippen LogP contribution in [0.25, 0.3) is 0 Å². The second-order valence-electron chi connectivity index (χ2n) is 2.62. The van der Waals surface area contributed by atoms with Gasteiger partial charge in [0.05, 0.1) is 18.2 Å². The van der Waals surface area contributed by atoms with Gasteiger partial charge in [-0.1, -0.05) is 11.8 Å². The van der Waals surface area contributed by atoms with Crippen molar-refractivity contribution in [2.24, 2.45) is 0 Å². The molecule has 14 heavy (non-hydrogen) atoms. The van der Waals surface area contributed by atoms with Crippen LogP contribution in [0, 0.1) is 29.0 Å². The molecule has 3 heteroatoms. The van der Waals surface area contributed by atoms with Crippen LogP contribution in [-0.4, -0.2) is 11.7 Å². The van der Waals surface area contributed by atoms with Crippen LogP contribution in [0.15, 0.2) is 18.2 Å². The molecule has 0 radical (unpaired) electrons. The first kappa shape index (κ1) is 10.2. The first-order valence-electron chi connectivity index (χ1n) is 4.06. The zero-order valence-electron chi connectivity index (χ0n) is 7.42. The Morgan fingerprint density at radius 2 is 2.00 bits per heavy atom. The second kappa shape index (κ2) is 5.01. The van der Waals surface area contributed by atoms with Gasteiger partial charge in [-0.2, -0.15) is 5.26 Å². The van der Waals surface area contributed by atoms with E-state index >= 15 is 0 Å². The van der Waals surface area contributed by atoms with Gasteiger partial charge in [0.2, 0.25) is 0 Å². The lowest BCUT2D eigenvalue weighted by Crippen LogP contribution is -1.83. The maximum atomic E-state index is 12.9. The van der Waals surface area contributed by atoms with Crippen LogP contribution < -0.4 is 0 Å². The lowest BCUT2D eigenvalue weighted by molar-refractivity contribution is 0.305. The summed E-state index contributed by atoms with van der Waals surface area (Å²) >= 11 is 0. The van der Waals surface area contributed by atoms with E-state index in [9.17, 15) is 4.39 Å². The van der Waals surface area contributed by atoms with E-state index in [1.165, 1.54) is 12.1 Å². The minimum absolute atomic E-state index is 0.0204. The predicted molar refractivity (Wildman–Crippen MR) is 49.7 cm³/mol. The van der Waals surface area contributed by atoms with E-state index in [-0.39, 0.29) is 12.2 Å². The highest BCUT2D eigenvalue weighted by Crippen LogP contribution is 2.07. The minimum atomic E-state index is -0.475. The van der Waals surface area contributed by atoms with Gasteiger partial charge in [0.15, 0.2) is 0 Å². The van der Waals surface area contributed by atoms with Crippen LogP contribution in [0.5, 0.6) is 0 Å². The Kier molecular flexibility index (Phi) is 3.67. The van der Waals surface area contributed by atoms with Crippen LogP contribution in [-0.2, 0) is 0 Å². The molecule has 0 unspecified atom stereocenters. The summed E-state index contributed by atoms with van der Waals surface area (Å²) in [6.45, 7) is -0.0204. The molecule has 70 valence electrons. The SMILES string of the molecule is N#Cc1cc(F)cc(C#CCCO)c1. The molecule has 0 spiro atoms. The number of hydrogen-bond donors (Lipinski definition) is 1. The molecular weight excluding hydrogens is 181 g/mol. The van der Waals surface area contributed by atoms with Gasteiger partial charge in [0, 0.05) is 12.0 Å². The third-order valence-corrected chi connectivity index (χ3v) is 1.50. The van der Waals surface area contributed by atoms with Crippen molar-refractivity contribution in [2.45, 2.75) is 6.42 Å². The number of hydrogen-bond acceptors (Lipinski definition) is 2. The zero-order chi connectivity index (χ0) is 10.4. The van der Waals surface area contributed by atoms with Gasteiger partial charge in [-0.3, -0.25) is 0 Å². The normalized spacial score (nSPS) is 8.64. The Bertz CT molecular complexity index is 423. The Morgan fingerprint density at radius 3 is 2.64 bits per heavy atom. The van der Waals surface area contributed by atoms with Gasteiger partial charge in [0.1, 0.15) is 5.82 Å². The Labute approximate surface area is 81.6 Å². The molecule has 0 atom stereocenters. The van der Waals surface area contributed by atoms with E-state index in [2.05, 4.69) is 11.8 Å². The summed E-state index contributed by atoms with van der Waals surface area (Å²) in [5, 5.41) is 17.0. The van der Waals surface area contributed by atoms with Crippen molar-refractivity contribution in [1.29, 1.82) is 5.26 Å². The fourth-order valence-electron chi connectivity index (χ4n) is 0.947. The molecule has 0 aliphatic heterocycles. The van der Waals surface area contributed by atoms with Crippen molar-refractivity contribution in [1.82, 2.24) is 0 Å². The van der Waals surface area contributed by atoms with E-state index in [1.807, 2.05) is 6.07 Å². The van der Waals surface area contributed by atoms with Crippen LogP contribution in [0.3, 0.4) is 0 Å². The molecular formula is C11H8FNO.